The van der Waals surface area contributed by atoms with Crippen LogP contribution in [0.25, 0.3) is 0 Å². The summed E-state index contributed by atoms with van der Waals surface area (Å²) in [6.07, 6.45) is -1.97. The Labute approximate surface area is 159 Å². The van der Waals surface area contributed by atoms with Crippen LogP contribution in [-0.4, -0.2) is 47.7 Å². The van der Waals surface area contributed by atoms with Gasteiger partial charge in [0.15, 0.2) is 18.5 Å². The third kappa shape index (κ3) is 5.81. The van der Waals surface area contributed by atoms with Crippen LogP contribution in [0.3, 0.4) is 0 Å². The van der Waals surface area contributed by atoms with Crippen molar-refractivity contribution >= 4 is 25.7 Å². The zero-order valence-electron chi connectivity index (χ0n) is 14.9. The number of ether oxygens (including phenoxy) is 3. The minimum atomic E-state index is -5.09. The third-order valence-corrected chi connectivity index (χ3v) is 4.17. The summed E-state index contributed by atoms with van der Waals surface area (Å²) in [4.78, 5) is 54.1. The van der Waals surface area contributed by atoms with Gasteiger partial charge in [0.2, 0.25) is 6.10 Å². The number of nitrogens with two attached hydrogens (primary N) is 1. The second kappa shape index (κ2) is 8.76. The van der Waals surface area contributed by atoms with Crippen molar-refractivity contribution in [2.24, 2.45) is 5.73 Å². The SMILES string of the molecule is CC(=O)OC1C(OC(C)=O)[C@@H](COP(=O)([O-])O)O[C@H]1[n+]1cccc(C(N)=O)c1. The molecule has 2 rings (SSSR count). The molecular weight excluding hydrogens is 399 g/mol. The number of carbonyl (C=O) groups is 3. The maximum Gasteiger partial charge on any atom is 0.304 e. The van der Waals surface area contributed by atoms with E-state index in [0.29, 0.717) is 0 Å². The lowest BCUT2D eigenvalue weighted by Crippen LogP contribution is -2.48. The minimum absolute atomic E-state index is 0.121. The lowest BCUT2D eigenvalue weighted by atomic mass is 10.1. The van der Waals surface area contributed by atoms with E-state index in [-0.39, 0.29) is 5.56 Å². The van der Waals surface area contributed by atoms with E-state index in [1.54, 1.807) is 0 Å². The second-order valence-corrected chi connectivity index (χ2v) is 7.08. The van der Waals surface area contributed by atoms with E-state index in [1.807, 2.05) is 0 Å². The molecule has 3 N–H and O–H groups in total. The molecule has 0 aliphatic carbocycles. The van der Waals surface area contributed by atoms with Gasteiger partial charge in [0, 0.05) is 19.9 Å². The molecule has 1 saturated heterocycles. The number of phosphoric acid groups is 1. The van der Waals surface area contributed by atoms with Crippen LogP contribution in [0.5, 0.6) is 0 Å². The van der Waals surface area contributed by atoms with Gasteiger partial charge in [-0.2, -0.15) is 4.57 Å². The average molecular weight is 418 g/mol. The van der Waals surface area contributed by atoms with Gasteiger partial charge in [0.25, 0.3) is 13.7 Å². The molecule has 1 aliphatic heterocycles. The Balaban J connectivity index is 2.39. The van der Waals surface area contributed by atoms with E-state index in [0.717, 1.165) is 13.8 Å². The zero-order valence-corrected chi connectivity index (χ0v) is 15.8. The van der Waals surface area contributed by atoms with Gasteiger partial charge in [-0.1, -0.05) is 0 Å². The van der Waals surface area contributed by atoms with Gasteiger partial charge in [-0.05, 0) is 6.07 Å². The minimum Gasteiger partial charge on any atom is -0.756 e. The van der Waals surface area contributed by atoms with Crippen LogP contribution < -0.4 is 15.2 Å². The van der Waals surface area contributed by atoms with Crippen molar-refractivity contribution in [3.05, 3.63) is 30.1 Å². The van der Waals surface area contributed by atoms with E-state index in [4.69, 9.17) is 24.8 Å². The fourth-order valence-corrected chi connectivity index (χ4v) is 3.03. The molecule has 0 bridgehead atoms. The Morgan fingerprint density at radius 2 is 1.89 bits per heavy atom. The summed E-state index contributed by atoms with van der Waals surface area (Å²) in [6.45, 7) is 1.51. The molecule has 28 heavy (non-hydrogen) atoms. The summed E-state index contributed by atoms with van der Waals surface area (Å²) in [6, 6.07) is 2.93. The standard InChI is InChI=1S/C15H19N2O10P/c1-8(18)25-12-11(7-24-28(21,22)23)27-15(13(12)26-9(2)19)17-5-3-4-10(6-17)14(16)20/h3-6,11-13,15H,7H2,1-2H3,(H3-,16,20,21,22,23)/t11-,12?,13?,15-/m1/s1. The summed E-state index contributed by atoms with van der Waals surface area (Å²) in [7, 11) is -5.09. The highest BCUT2D eigenvalue weighted by molar-refractivity contribution is 7.44. The zero-order chi connectivity index (χ0) is 21.1. The van der Waals surface area contributed by atoms with Gasteiger partial charge in [-0.3, -0.25) is 18.9 Å². The van der Waals surface area contributed by atoms with Crippen LogP contribution in [0.1, 0.15) is 30.4 Å². The van der Waals surface area contributed by atoms with Gasteiger partial charge in [0.1, 0.15) is 11.7 Å². The van der Waals surface area contributed by atoms with Gasteiger partial charge in [0.05, 0.1) is 6.61 Å². The molecular formula is C15H19N2O10P. The molecule has 1 fully saturated rings. The van der Waals surface area contributed by atoms with Crippen LogP contribution in [0, 0.1) is 0 Å². The first-order valence-electron chi connectivity index (χ1n) is 7.97. The van der Waals surface area contributed by atoms with Crippen molar-refractivity contribution in [1.82, 2.24) is 0 Å². The predicted octanol–water partition coefficient (Wildman–Crippen LogP) is -1.69. The Morgan fingerprint density at radius 3 is 2.43 bits per heavy atom. The number of aromatic nitrogens is 1. The molecule has 13 heteroatoms. The Bertz CT molecular complexity index is 810. The first-order valence-corrected chi connectivity index (χ1v) is 9.46. The highest BCUT2D eigenvalue weighted by atomic mass is 31.2. The number of esters is 2. The van der Waals surface area contributed by atoms with Crippen LogP contribution in [0.4, 0.5) is 0 Å². The first-order chi connectivity index (χ1) is 13.0. The van der Waals surface area contributed by atoms with E-state index in [1.165, 1.54) is 29.1 Å². The first kappa shape index (κ1) is 21.9. The fourth-order valence-electron chi connectivity index (χ4n) is 2.70. The van der Waals surface area contributed by atoms with E-state index < -0.39 is 56.8 Å². The summed E-state index contributed by atoms with van der Waals surface area (Å²) < 4.78 is 32.6. The lowest BCUT2D eigenvalue weighted by Gasteiger charge is -2.23. The molecule has 154 valence electrons. The second-order valence-electron chi connectivity index (χ2n) is 5.88. The van der Waals surface area contributed by atoms with E-state index in [9.17, 15) is 23.8 Å². The Morgan fingerprint density at radius 1 is 1.29 bits per heavy atom. The molecule has 0 aromatic carbocycles. The van der Waals surface area contributed by atoms with Crippen LogP contribution in [0.15, 0.2) is 24.5 Å². The van der Waals surface area contributed by atoms with Crippen molar-refractivity contribution in [2.45, 2.75) is 38.4 Å². The van der Waals surface area contributed by atoms with Crippen molar-refractivity contribution in [2.75, 3.05) is 6.61 Å². The number of hydrogen-bond acceptors (Lipinski definition) is 9. The smallest absolute Gasteiger partial charge is 0.304 e. The van der Waals surface area contributed by atoms with Gasteiger partial charge < -0.3 is 34.3 Å². The summed E-state index contributed by atoms with van der Waals surface area (Å²) in [5, 5.41) is 0. The molecule has 1 amide bonds. The largest absolute Gasteiger partial charge is 0.756 e. The molecule has 1 aromatic rings. The highest BCUT2D eigenvalue weighted by Gasteiger charge is 2.54. The van der Waals surface area contributed by atoms with Gasteiger partial charge in [-0.15, -0.1) is 0 Å². The number of hydrogen-bond donors (Lipinski definition) is 2. The monoisotopic (exact) mass is 418 g/mol. The summed E-state index contributed by atoms with van der Waals surface area (Å²) in [5.74, 6) is -2.19. The maximum atomic E-state index is 11.5. The number of phosphoric ester groups is 1. The van der Waals surface area contributed by atoms with Crippen LogP contribution in [0.2, 0.25) is 0 Å². The number of carbonyl (C=O) groups excluding carboxylic acids is 3. The summed E-state index contributed by atoms with van der Waals surface area (Å²) in [5.41, 5.74) is 5.37. The molecule has 5 atom stereocenters. The van der Waals surface area contributed by atoms with Gasteiger partial charge in [-0.25, -0.2) is 0 Å². The molecule has 1 aliphatic rings. The normalized spacial score (nSPS) is 26.3. The molecule has 0 spiro atoms. The molecule has 12 nitrogen and oxygen atoms in total. The molecule has 1 aromatic heterocycles. The lowest BCUT2D eigenvalue weighted by molar-refractivity contribution is -0.765. The van der Waals surface area contributed by atoms with Crippen molar-refractivity contribution in [1.29, 1.82) is 0 Å². The van der Waals surface area contributed by atoms with Crippen molar-refractivity contribution < 1.29 is 52.0 Å². The topological polar surface area (TPSA) is 178 Å². The molecule has 0 radical (unpaired) electrons. The predicted molar refractivity (Wildman–Crippen MR) is 86.0 cm³/mol. The fraction of sp³-hybridized carbons (Fsp3) is 0.467. The van der Waals surface area contributed by atoms with Crippen molar-refractivity contribution in [3.8, 4) is 0 Å². The van der Waals surface area contributed by atoms with Gasteiger partial charge >= 0.3 is 18.2 Å². The number of amides is 1. The number of pyridine rings is 1. The molecule has 3 unspecified atom stereocenters. The van der Waals surface area contributed by atoms with Crippen LogP contribution in [-0.2, 0) is 32.9 Å². The highest BCUT2D eigenvalue weighted by Crippen LogP contribution is 2.36. The Kier molecular flexibility index (Phi) is 6.86. The summed E-state index contributed by atoms with van der Waals surface area (Å²) >= 11 is 0. The maximum absolute atomic E-state index is 11.5. The number of primary amides is 1. The number of rotatable bonds is 7. The third-order valence-electron chi connectivity index (χ3n) is 3.69. The average Bonchev–Trinajstić information content (AvgIpc) is 2.89. The van der Waals surface area contributed by atoms with E-state index in [2.05, 4.69) is 4.52 Å². The van der Waals surface area contributed by atoms with Crippen molar-refractivity contribution in [3.63, 3.8) is 0 Å². The molecule has 2 heterocycles. The quantitative estimate of drug-likeness (QED) is 0.295. The van der Waals surface area contributed by atoms with Crippen LogP contribution >= 0.6 is 7.82 Å². The Hall–Kier alpha value is -2.37. The number of nitrogens with zero attached hydrogens (tertiary/aromatic N) is 1. The van der Waals surface area contributed by atoms with E-state index >= 15 is 0 Å². The molecule has 0 saturated carbocycles.